The van der Waals surface area contributed by atoms with E-state index in [9.17, 15) is 0 Å². The molecular formula is C13H18N2. The first kappa shape index (κ1) is 11.6. The molecule has 0 radical (unpaired) electrons. The molecule has 15 heavy (non-hydrogen) atoms. The third kappa shape index (κ3) is 3.63. The summed E-state index contributed by atoms with van der Waals surface area (Å²) in [6.07, 6.45) is 1.72. The van der Waals surface area contributed by atoms with Gasteiger partial charge in [0.15, 0.2) is 0 Å². The average molecular weight is 202 g/mol. The number of nitrogens with zero attached hydrogens (tertiary/aromatic N) is 1. The smallest absolute Gasteiger partial charge is 0.0640 e. The van der Waals surface area contributed by atoms with Crippen LogP contribution in [0.3, 0.4) is 0 Å². The van der Waals surface area contributed by atoms with Gasteiger partial charge in [-0.25, -0.2) is 0 Å². The molecule has 1 atom stereocenters. The predicted molar refractivity (Wildman–Crippen MR) is 63.9 cm³/mol. The Morgan fingerprint density at radius 3 is 2.53 bits per heavy atom. The molecule has 0 aliphatic rings. The molecule has 0 aliphatic carbocycles. The second-order valence-electron chi connectivity index (χ2n) is 3.77. The maximum Gasteiger partial charge on any atom is 0.0640 e. The van der Waals surface area contributed by atoms with Crippen LogP contribution < -0.4 is 5.32 Å². The van der Waals surface area contributed by atoms with Gasteiger partial charge in [-0.1, -0.05) is 26.0 Å². The second kappa shape index (κ2) is 6.08. The van der Waals surface area contributed by atoms with E-state index in [1.54, 1.807) is 0 Å². The van der Waals surface area contributed by atoms with E-state index in [4.69, 9.17) is 5.26 Å². The quantitative estimate of drug-likeness (QED) is 0.741. The van der Waals surface area contributed by atoms with Gasteiger partial charge in [-0.15, -0.1) is 0 Å². The number of anilines is 1. The van der Waals surface area contributed by atoms with Gasteiger partial charge in [0.1, 0.15) is 0 Å². The maximum absolute atomic E-state index is 8.40. The summed E-state index contributed by atoms with van der Waals surface area (Å²) in [5, 5.41) is 11.6. The van der Waals surface area contributed by atoms with Crippen molar-refractivity contribution in [2.45, 2.75) is 32.6 Å². The van der Waals surface area contributed by atoms with Crippen molar-refractivity contribution in [2.24, 2.45) is 0 Å². The van der Waals surface area contributed by atoms with Crippen molar-refractivity contribution in [2.75, 3.05) is 11.9 Å². The fourth-order valence-electron chi connectivity index (χ4n) is 1.43. The van der Waals surface area contributed by atoms with Gasteiger partial charge in [-0.2, -0.15) is 5.26 Å². The number of hydrogen-bond donors (Lipinski definition) is 1. The fourth-order valence-corrected chi connectivity index (χ4v) is 1.43. The van der Waals surface area contributed by atoms with E-state index in [1.165, 1.54) is 12.0 Å². The highest BCUT2D eigenvalue weighted by Crippen LogP contribution is 2.20. The van der Waals surface area contributed by atoms with Crippen LogP contribution in [-0.2, 0) is 0 Å². The van der Waals surface area contributed by atoms with Crippen LogP contribution in [0.25, 0.3) is 0 Å². The largest absolute Gasteiger partial charge is 0.384 e. The van der Waals surface area contributed by atoms with Gasteiger partial charge < -0.3 is 5.32 Å². The van der Waals surface area contributed by atoms with Gasteiger partial charge in [0, 0.05) is 12.2 Å². The Hall–Kier alpha value is -1.49. The average Bonchev–Trinajstić information content (AvgIpc) is 2.29. The van der Waals surface area contributed by atoms with Gasteiger partial charge >= 0.3 is 0 Å². The van der Waals surface area contributed by atoms with Gasteiger partial charge in [-0.3, -0.25) is 0 Å². The lowest BCUT2D eigenvalue weighted by Crippen LogP contribution is -2.00. The highest BCUT2D eigenvalue weighted by atomic mass is 14.9. The molecule has 0 saturated heterocycles. The van der Waals surface area contributed by atoms with E-state index >= 15 is 0 Å². The molecule has 0 heterocycles. The first-order chi connectivity index (χ1) is 7.27. The highest BCUT2D eigenvalue weighted by Gasteiger charge is 2.01. The Labute approximate surface area is 91.9 Å². The number of nitriles is 1. The highest BCUT2D eigenvalue weighted by molar-refractivity contribution is 5.45. The van der Waals surface area contributed by atoms with Crippen molar-refractivity contribution in [3.8, 4) is 6.07 Å². The molecule has 0 spiro atoms. The molecule has 80 valence electrons. The number of hydrogen-bond acceptors (Lipinski definition) is 2. The van der Waals surface area contributed by atoms with Crippen molar-refractivity contribution in [1.82, 2.24) is 0 Å². The molecule has 0 saturated carbocycles. The fraction of sp³-hybridized carbons (Fsp3) is 0.462. The zero-order valence-corrected chi connectivity index (χ0v) is 9.46. The van der Waals surface area contributed by atoms with Crippen molar-refractivity contribution in [1.29, 1.82) is 5.26 Å². The Morgan fingerprint density at radius 2 is 2.00 bits per heavy atom. The molecule has 0 fully saturated rings. The van der Waals surface area contributed by atoms with Crippen LogP contribution in [0.4, 0.5) is 5.69 Å². The van der Waals surface area contributed by atoms with Crippen LogP contribution in [0.2, 0.25) is 0 Å². The van der Waals surface area contributed by atoms with Crippen molar-refractivity contribution in [3.63, 3.8) is 0 Å². The molecule has 0 amide bonds. The van der Waals surface area contributed by atoms with E-state index in [1.807, 2.05) is 0 Å². The number of rotatable bonds is 5. The van der Waals surface area contributed by atoms with Crippen LogP contribution in [0.15, 0.2) is 24.3 Å². The Morgan fingerprint density at radius 1 is 1.33 bits per heavy atom. The lowest BCUT2D eigenvalue weighted by Gasteiger charge is -2.10. The Balaban J connectivity index is 2.53. The van der Waals surface area contributed by atoms with Crippen LogP contribution in [-0.4, -0.2) is 6.54 Å². The van der Waals surface area contributed by atoms with E-state index < -0.39 is 0 Å². The SMILES string of the molecule is CCC(C)c1ccc(NCCC#N)cc1. The summed E-state index contributed by atoms with van der Waals surface area (Å²) in [7, 11) is 0. The van der Waals surface area contributed by atoms with Crippen LogP contribution in [0.5, 0.6) is 0 Å². The molecule has 1 rings (SSSR count). The third-order valence-corrected chi connectivity index (χ3v) is 2.66. The molecule has 1 unspecified atom stereocenters. The van der Waals surface area contributed by atoms with Crippen LogP contribution in [0.1, 0.15) is 38.2 Å². The summed E-state index contributed by atoms with van der Waals surface area (Å²) in [5.41, 5.74) is 2.47. The number of nitrogens with one attached hydrogen (secondary N) is 1. The zero-order chi connectivity index (χ0) is 11.1. The van der Waals surface area contributed by atoms with E-state index in [0.717, 1.165) is 12.2 Å². The van der Waals surface area contributed by atoms with Gasteiger partial charge in [-0.05, 0) is 30.0 Å². The molecule has 0 bridgehead atoms. The molecule has 0 aromatic heterocycles. The van der Waals surface area contributed by atoms with Crippen LogP contribution >= 0.6 is 0 Å². The van der Waals surface area contributed by atoms with E-state index in [0.29, 0.717) is 12.3 Å². The minimum atomic E-state index is 0.549. The van der Waals surface area contributed by atoms with Crippen LogP contribution in [0, 0.1) is 11.3 Å². The molecular weight excluding hydrogens is 184 g/mol. The molecule has 0 aliphatic heterocycles. The first-order valence-electron chi connectivity index (χ1n) is 5.48. The molecule has 1 aromatic carbocycles. The summed E-state index contributed by atoms with van der Waals surface area (Å²) in [6, 6.07) is 10.6. The second-order valence-corrected chi connectivity index (χ2v) is 3.77. The van der Waals surface area contributed by atoms with Crippen molar-refractivity contribution >= 4 is 5.69 Å². The monoisotopic (exact) mass is 202 g/mol. The van der Waals surface area contributed by atoms with Gasteiger partial charge in [0.25, 0.3) is 0 Å². The molecule has 2 heteroatoms. The minimum Gasteiger partial charge on any atom is -0.384 e. The normalized spacial score (nSPS) is 11.8. The molecule has 2 nitrogen and oxygen atoms in total. The summed E-state index contributed by atoms with van der Waals surface area (Å²) in [4.78, 5) is 0. The molecule has 1 N–H and O–H groups in total. The first-order valence-corrected chi connectivity index (χ1v) is 5.48. The number of benzene rings is 1. The Kier molecular flexibility index (Phi) is 4.70. The summed E-state index contributed by atoms with van der Waals surface area (Å²) in [6.45, 7) is 5.15. The summed E-state index contributed by atoms with van der Waals surface area (Å²) in [5.74, 6) is 0.623. The van der Waals surface area contributed by atoms with E-state index in [2.05, 4.69) is 49.5 Å². The van der Waals surface area contributed by atoms with Gasteiger partial charge in [0.05, 0.1) is 12.5 Å². The Bertz CT molecular complexity index is 321. The van der Waals surface area contributed by atoms with Crippen molar-refractivity contribution in [3.05, 3.63) is 29.8 Å². The predicted octanol–water partition coefficient (Wildman–Crippen LogP) is 3.53. The lowest BCUT2D eigenvalue weighted by atomic mass is 9.99. The summed E-state index contributed by atoms with van der Waals surface area (Å²) >= 11 is 0. The third-order valence-electron chi connectivity index (χ3n) is 2.66. The topological polar surface area (TPSA) is 35.8 Å². The summed E-state index contributed by atoms with van der Waals surface area (Å²) < 4.78 is 0. The molecule has 1 aromatic rings. The minimum absolute atomic E-state index is 0.549. The van der Waals surface area contributed by atoms with Crippen molar-refractivity contribution < 1.29 is 0 Å². The van der Waals surface area contributed by atoms with Gasteiger partial charge in [0.2, 0.25) is 0 Å². The zero-order valence-electron chi connectivity index (χ0n) is 9.46. The standard InChI is InChI=1S/C13H18N2/c1-3-11(2)12-5-7-13(8-6-12)15-10-4-9-14/h5-8,11,15H,3-4,10H2,1-2H3. The maximum atomic E-state index is 8.40. The van der Waals surface area contributed by atoms with E-state index in [-0.39, 0.29) is 0 Å². The lowest BCUT2D eigenvalue weighted by molar-refractivity contribution is 0.734.